The summed E-state index contributed by atoms with van der Waals surface area (Å²) < 4.78 is 139. The second-order valence-electron chi connectivity index (χ2n) is 7.37. The van der Waals surface area contributed by atoms with Crippen molar-refractivity contribution in [2.24, 2.45) is 0 Å². The lowest BCUT2D eigenvalue weighted by molar-refractivity contribution is -0.255. The summed E-state index contributed by atoms with van der Waals surface area (Å²) in [5.74, 6) is -1.75. The summed E-state index contributed by atoms with van der Waals surface area (Å²) >= 11 is 0. The Balaban J connectivity index is 0.00000168. The van der Waals surface area contributed by atoms with Crippen molar-refractivity contribution in [3.63, 3.8) is 0 Å². The summed E-state index contributed by atoms with van der Waals surface area (Å²) in [7, 11) is 0. The summed E-state index contributed by atoms with van der Waals surface area (Å²) in [6.45, 7) is -13.0. The Morgan fingerprint density at radius 2 is 1.67 bits per heavy atom. The second-order valence-corrected chi connectivity index (χ2v) is 7.37. The van der Waals surface area contributed by atoms with Crippen LogP contribution in [0.2, 0.25) is 0 Å². The molecule has 36 heavy (non-hydrogen) atoms. The Labute approximate surface area is 230 Å². The maximum absolute atomic E-state index is 12.2. The first kappa shape index (κ1) is 11.2. The van der Waals surface area contributed by atoms with Gasteiger partial charge in [0.1, 0.15) is 29.8 Å². The minimum Gasteiger partial charge on any atom is -0.545 e. The Morgan fingerprint density at radius 3 is 2.39 bits per heavy atom. The number of hydrogen-bond acceptors (Lipinski definition) is 6. The number of carbonyl (C=O) groups is 1. The lowest BCUT2D eigenvalue weighted by Gasteiger charge is -2.21. The Bertz CT molecular complexity index is 2160. The van der Waals surface area contributed by atoms with Crippen molar-refractivity contribution in [2.45, 2.75) is 25.5 Å². The molecule has 0 N–H and O–H groups in total. The minimum absolute atomic E-state index is 0.0906. The van der Waals surface area contributed by atoms with Crippen LogP contribution >= 0.6 is 0 Å². The number of carboxylic acid groups (broad SMARTS) is 1. The molecular weight excluding hydrogens is 456 g/mol. The number of aromatic carboxylic acids is 1. The van der Waals surface area contributed by atoms with Gasteiger partial charge in [0.25, 0.3) is 0 Å². The van der Waals surface area contributed by atoms with E-state index in [1.54, 1.807) is 0 Å². The van der Waals surface area contributed by atoms with Gasteiger partial charge in [-0.25, -0.2) is 4.58 Å². The highest BCUT2D eigenvalue weighted by Gasteiger charge is 2.22. The first-order chi connectivity index (χ1) is 23.6. The Hall–Kier alpha value is -4.22. The van der Waals surface area contributed by atoms with Crippen LogP contribution < -0.4 is 19.9 Å². The fraction of sp³-hybridized carbons (Fsp3) is 0.276. The highest BCUT2D eigenvalue weighted by Crippen LogP contribution is 2.42. The fourth-order valence-corrected chi connectivity index (χ4v) is 3.96. The van der Waals surface area contributed by atoms with Crippen molar-refractivity contribution in [1.82, 2.24) is 4.58 Å². The predicted octanol–water partition coefficient (Wildman–Crippen LogP) is 3.15. The first-order valence-electron chi connectivity index (χ1n) is 18.4. The highest BCUT2D eigenvalue weighted by atomic mass is 16.4. The predicted molar refractivity (Wildman–Crippen MR) is 133 cm³/mol. The molecule has 0 radical (unpaired) electrons. The molecule has 3 aliphatic heterocycles. The summed E-state index contributed by atoms with van der Waals surface area (Å²) in [5.41, 5.74) is -0.392. The highest BCUT2D eigenvalue weighted by molar-refractivity contribution is 6.07. The van der Waals surface area contributed by atoms with E-state index in [1.807, 2.05) is 0 Å². The third-order valence-corrected chi connectivity index (χ3v) is 5.42. The van der Waals surface area contributed by atoms with Gasteiger partial charge in [0.2, 0.25) is 5.36 Å². The van der Waals surface area contributed by atoms with E-state index < -0.39 is 57.4 Å². The molecule has 182 valence electrons. The van der Waals surface area contributed by atoms with Crippen LogP contribution in [0.1, 0.15) is 57.8 Å². The number of anilines is 1. The van der Waals surface area contributed by atoms with Crippen LogP contribution in [-0.4, -0.2) is 38.1 Å². The van der Waals surface area contributed by atoms with Gasteiger partial charge in [0, 0.05) is 82.1 Å². The molecule has 2 saturated heterocycles. The zero-order valence-corrected chi connectivity index (χ0v) is 18.2. The van der Waals surface area contributed by atoms with Crippen LogP contribution in [-0.2, 0) is 9.59 Å². The zero-order chi connectivity index (χ0) is 39.4. The molecule has 0 unspecified atom stereocenters. The van der Waals surface area contributed by atoms with Gasteiger partial charge in [-0.3, -0.25) is 0 Å². The first-order valence-corrected chi connectivity index (χ1v) is 10.4. The van der Waals surface area contributed by atoms with E-state index in [0.717, 1.165) is 12.1 Å². The molecule has 3 heterocycles. The Morgan fingerprint density at radius 1 is 0.944 bits per heavy atom. The maximum atomic E-state index is 12.2. The van der Waals surface area contributed by atoms with Crippen LogP contribution in [0.5, 0.6) is 0 Å². The quantitative estimate of drug-likeness (QED) is 0.318. The largest absolute Gasteiger partial charge is 0.545 e. The van der Waals surface area contributed by atoms with Crippen molar-refractivity contribution < 1.29 is 45.8 Å². The van der Waals surface area contributed by atoms with Crippen molar-refractivity contribution >= 4 is 28.8 Å². The van der Waals surface area contributed by atoms with E-state index in [1.165, 1.54) is 48.5 Å². The molecule has 0 spiro atoms. The zero-order valence-electron chi connectivity index (χ0n) is 34.2. The van der Waals surface area contributed by atoms with E-state index >= 15 is 0 Å². The summed E-state index contributed by atoms with van der Waals surface area (Å²) in [4.78, 5) is 28.8. The van der Waals surface area contributed by atoms with E-state index in [4.69, 9.17) is 35.9 Å². The van der Waals surface area contributed by atoms with Gasteiger partial charge in [-0.05, 0) is 36.5 Å². The van der Waals surface area contributed by atoms with Gasteiger partial charge in [-0.1, -0.05) is 24.3 Å². The molecule has 7 nitrogen and oxygen atoms in total. The third kappa shape index (κ3) is 4.41. The molecule has 0 bridgehead atoms. The molecule has 2 aromatic carbocycles. The second kappa shape index (κ2) is 10.2. The van der Waals surface area contributed by atoms with Crippen molar-refractivity contribution in [3.05, 3.63) is 71.6 Å². The smallest absolute Gasteiger partial charge is 0.373 e. The van der Waals surface area contributed by atoms with Gasteiger partial charge in [0.15, 0.2) is 0 Å². The summed E-state index contributed by atoms with van der Waals surface area (Å²) in [6, 6.07) is 12.9. The van der Waals surface area contributed by atoms with Gasteiger partial charge < -0.3 is 19.2 Å². The average molecular weight is 499 g/mol. The molecule has 1 aliphatic carbocycles. The number of fused-ring (bicyclic) bond motifs is 2. The number of nitrogens with zero attached hydrogens (tertiary/aromatic N) is 2. The van der Waals surface area contributed by atoms with Crippen molar-refractivity contribution in [3.8, 4) is 22.5 Å². The molecule has 0 amide bonds. The third-order valence-electron chi connectivity index (χ3n) is 5.42. The van der Waals surface area contributed by atoms with Crippen molar-refractivity contribution in [2.75, 3.05) is 30.9 Å². The van der Waals surface area contributed by atoms with Gasteiger partial charge in [-0.2, -0.15) is 9.59 Å². The minimum atomic E-state index is -3.35. The number of rotatable bonds is 3. The SMILES string of the molecule is O=C=O.[2H]C1([2H])N(c2ccc3c(-c4ccccc4C(=O)[O-])c4ccc(=[N+]5C([2H])([2H])C([2H])([2H])C([2H])([2H])C5([2H])[2H])cc-4oc3c2)C([2H])([2H])C([2H])([2H])C1([2H])[2H]. The number of carboxylic acids is 1. The molecule has 2 aromatic rings. The van der Waals surface area contributed by atoms with Crippen LogP contribution in [0.15, 0.2) is 65.1 Å². The summed E-state index contributed by atoms with van der Waals surface area (Å²) in [6.07, 6.45) is -13.2. The number of carbonyl (C=O) groups excluding carboxylic acids is 3. The molecule has 6 rings (SSSR count). The number of hydrogen-bond donors (Lipinski definition) is 0. The topological polar surface area (TPSA) is 93.7 Å². The molecular formula is C29H26N2O5. The lowest BCUT2D eigenvalue weighted by atomic mass is 9.90. The molecule has 0 saturated carbocycles. The number of benzene rings is 3. The summed E-state index contributed by atoms with van der Waals surface area (Å²) in [5, 5.41) is 12.0. The van der Waals surface area contributed by atoms with Gasteiger partial charge >= 0.3 is 6.15 Å². The molecule has 2 fully saturated rings. The van der Waals surface area contributed by atoms with E-state index in [9.17, 15) is 9.90 Å². The van der Waals surface area contributed by atoms with Crippen LogP contribution in [0, 0.1) is 0 Å². The average Bonchev–Trinajstić information content (AvgIpc) is 3.14. The monoisotopic (exact) mass is 498 g/mol. The molecule has 4 aliphatic rings. The fourth-order valence-electron chi connectivity index (χ4n) is 3.96. The molecule has 7 heteroatoms. The van der Waals surface area contributed by atoms with Crippen LogP contribution in [0.25, 0.3) is 33.4 Å². The van der Waals surface area contributed by atoms with E-state index in [2.05, 4.69) is 0 Å². The maximum Gasteiger partial charge on any atom is 0.373 e. The van der Waals surface area contributed by atoms with Gasteiger partial charge in [0.05, 0.1) is 12.0 Å². The lowest BCUT2D eigenvalue weighted by Crippen LogP contribution is -2.26. The molecule has 0 aromatic heterocycles. The van der Waals surface area contributed by atoms with Gasteiger partial charge in [-0.15, -0.1) is 0 Å². The Kier molecular flexibility index (Phi) is 3.18. The van der Waals surface area contributed by atoms with Crippen LogP contribution in [0.4, 0.5) is 5.69 Å². The standard InChI is InChI=1S/C28H26N2O3.CO2/c31-28(32)22-8-2-1-7-21(22)27-23-11-9-19(29-13-3-4-14-29)17-25(23)33-26-18-20(10-12-24(26)27)30-15-5-6-16-30;2-1-3/h1-2,7-12,17-18H,3-6,13-16H2;/i3D2,4D2,5D2,6D2,13D2,14D2,15D2,16D2;. The molecule has 0 atom stereocenters. The van der Waals surface area contributed by atoms with E-state index in [-0.39, 0.29) is 56.2 Å². The van der Waals surface area contributed by atoms with Crippen LogP contribution in [0.3, 0.4) is 0 Å². The normalized spacial score (nSPS) is 32.9. The van der Waals surface area contributed by atoms with E-state index in [0.29, 0.717) is 9.48 Å². The van der Waals surface area contributed by atoms with Crippen molar-refractivity contribution in [1.29, 1.82) is 0 Å².